The Kier molecular flexibility index (Phi) is 17.3. The predicted octanol–water partition coefficient (Wildman–Crippen LogP) is 28.9. The molecule has 4 aliphatic heterocycles. The Morgan fingerprint density at radius 3 is 0.843 bits per heavy atom. The van der Waals surface area contributed by atoms with E-state index in [1.807, 2.05) is 0 Å². The van der Waals surface area contributed by atoms with E-state index >= 15 is 0 Å². The van der Waals surface area contributed by atoms with Crippen LogP contribution in [-0.2, 0) is 21.7 Å². The highest BCUT2D eigenvalue weighted by molar-refractivity contribution is 7.00. The number of fused-ring (bicyclic) bond motifs is 10. The molecule has 0 unspecified atom stereocenters. The van der Waals surface area contributed by atoms with Gasteiger partial charge >= 0.3 is 0 Å². The van der Waals surface area contributed by atoms with E-state index < -0.39 is 0 Å². The second-order valence-corrected chi connectivity index (χ2v) is 39.7. The van der Waals surface area contributed by atoms with Crippen molar-refractivity contribution in [3.63, 3.8) is 0 Å². The Morgan fingerprint density at radius 2 is 0.529 bits per heavy atom. The van der Waals surface area contributed by atoms with Crippen LogP contribution in [0.15, 0.2) is 328 Å². The number of aromatic nitrogens is 2. The van der Waals surface area contributed by atoms with Crippen molar-refractivity contribution in [2.24, 2.45) is 11.8 Å². The maximum Gasteiger partial charge on any atom is 0.252 e. The maximum atomic E-state index is 2.94. The third-order valence-corrected chi connectivity index (χ3v) is 27.9. The molecule has 4 bridgehead atoms. The van der Waals surface area contributed by atoms with Crippen molar-refractivity contribution in [3.8, 4) is 78.1 Å². The molecule has 2 saturated heterocycles. The fourth-order valence-electron chi connectivity index (χ4n) is 22.0. The molecule has 0 N–H and O–H groups in total. The third kappa shape index (κ3) is 12.5. The van der Waals surface area contributed by atoms with Crippen molar-refractivity contribution in [3.05, 3.63) is 350 Å². The standard InChI is InChI=1S/C115H104BN5/c1-112(2,3)82-43-51-101-95(64-82)96-65-83(113(4,5)6)44-52-102(96)118(101)87-48-50-100-106(69-87)121(111-93(78-39-27-17-28-40-78)62-81(75-33-21-14-22-34-75)63-94(111)79-41-29-18-30-42-79)108-71-90(119-103-53-45-84(114(7,8)9)66-97(103)98-67-85(115(10,11)12)46-54-104(98)119)70-107-109(108)116(100)99-49-47-86(117-88-56-72-55-73(58-88)59-89(117)57-72)68-105(99)120(107)110-91(76-35-23-15-24-36-76)60-80(74-31-19-13-20-32-74)61-92(110)77-37-25-16-26-38-77/h13-54,60-73,88-89H,55-59H2,1-12H3. The summed E-state index contributed by atoms with van der Waals surface area (Å²) in [5, 5.41) is 5.03. The lowest BCUT2D eigenvalue weighted by Crippen LogP contribution is -2.62. The third-order valence-electron chi connectivity index (χ3n) is 27.9. The normalized spacial score (nSPS) is 16.9. The molecule has 2 aromatic heterocycles. The van der Waals surface area contributed by atoms with Gasteiger partial charge < -0.3 is 23.8 Å². The van der Waals surface area contributed by atoms with Gasteiger partial charge in [0.25, 0.3) is 6.71 Å². The number of benzene rings is 15. The van der Waals surface area contributed by atoms with Crippen LogP contribution in [0.25, 0.3) is 122 Å². The second-order valence-electron chi connectivity index (χ2n) is 39.7. The molecule has 2 saturated carbocycles. The zero-order valence-corrected chi connectivity index (χ0v) is 71.8. The summed E-state index contributed by atoms with van der Waals surface area (Å²) in [4.78, 5) is 8.54. The largest absolute Gasteiger partial charge is 0.365 e. The molecule has 6 heteroatoms. The molecule has 15 aromatic carbocycles. The molecule has 2 aliphatic carbocycles. The highest BCUT2D eigenvalue weighted by Gasteiger charge is 2.50. The van der Waals surface area contributed by atoms with E-state index in [0.717, 1.165) is 107 Å². The number of hydrogen-bond donors (Lipinski definition) is 0. The highest BCUT2D eigenvalue weighted by Crippen LogP contribution is 2.58. The van der Waals surface area contributed by atoms with Crippen LogP contribution < -0.4 is 31.1 Å². The molecule has 0 spiro atoms. The molecular formula is C115H104BN5. The van der Waals surface area contributed by atoms with E-state index in [1.165, 1.54) is 137 Å². The van der Waals surface area contributed by atoms with Gasteiger partial charge in [0.2, 0.25) is 0 Å². The number of anilines is 7. The molecule has 0 amide bonds. The SMILES string of the molecule is CC(C)(C)c1ccc2c(c1)c1cc(C(C)(C)C)ccc1n2-c1ccc2c(c1)N(c1c(-c3ccccc3)cc(-c3ccccc3)cc1-c1ccccc1)c1cc(-n3c4ccc(C(C)(C)C)cc4c4cc(C(C)(C)C)ccc43)cc3c1B2c1ccc(N2C4CC5CC(C4)CC2C5)cc1N3c1c(-c2ccccc2)cc(-c2ccccc2)cc1-c1ccccc1. The van der Waals surface area contributed by atoms with Gasteiger partial charge in [-0.3, -0.25) is 0 Å². The Balaban J connectivity index is 0.942. The Labute approximate surface area is 714 Å². The van der Waals surface area contributed by atoms with Crippen molar-refractivity contribution < 1.29 is 0 Å². The molecule has 23 rings (SSSR count). The quantitative estimate of drug-likeness (QED) is 0.120. The van der Waals surface area contributed by atoms with Crippen molar-refractivity contribution in [2.45, 2.75) is 149 Å². The van der Waals surface area contributed by atoms with Crippen molar-refractivity contribution in [1.82, 2.24) is 9.13 Å². The van der Waals surface area contributed by atoms with E-state index in [2.05, 4.69) is 435 Å². The van der Waals surface area contributed by atoms with E-state index in [-0.39, 0.29) is 28.4 Å². The number of nitrogens with zero attached hydrogens (tertiary/aromatic N) is 5. The Bertz CT molecular complexity index is 6700. The summed E-state index contributed by atoms with van der Waals surface area (Å²) >= 11 is 0. The topological polar surface area (TPSA) is 19.6 Å². The summed E-state index contributed by atoms with van der Waals surface area (Å²) in [5.74, 6) is 1.58. The summed E-state index contributed by atoms with van der Waals surface area (Å²) in [6.45, 7) is 28.0. The zero-order chi connectivity index (χ0) is 82.3. The first kappa shape index (κ1) is 74.6. The lowest BCUT2D eigenvalue weighted by atomic mass is 9.33. The number of rotatable bonds is 11. The van der Waals surface area contributed by atoms with Gasteiger partial charge in [-0.2, -0.15) is 0 Å². The summed E-state index contributed by atoms with van der Waals surface area (Å²) < 4.78 is 5.25. The van der Waals surface area contributed by atoms with E-state index in [9.17, 15) is 0 Å². The maximum absolute atomic E-state index is 2.94. The number of hydrogen-bond acceptors (Lipinski definition) is 3. The monoisotopic (exact) mass is 1570 g/mol. The lowest BCUT2D eigenvalue weighted by molar-refractivity contribution is 0.0900. The van der Waals surface area contributed by atoms with Gasteiger partial charge in [-0.25, -0.2) is 0 Å². The van der Waals surface area contributed by atoms with Gasteiger partial charge in [0, 0.05) is 90.0 Å². The molecule has 121 heavy (non-hydrogen) atoms. The van der Waals surface area contributed by atoms with Gasteiger partial charge in [-0.05, 0) is 258 Å². The Morgan fingerprint density at radius 1 is 0.248 bits per heavy atom. The molecule has 5 nitrogen and oxygen atoms in total. The van der Waals surface area contributed by atoms with Crippen LogP contribution in [-0.4, -0.2) is 27.9 Å². The summed E-state index contributed by atoms with van der Waals surface area (Å²) in [7, 11) is 0. The van der Waals surface area contributed by atoms with Crippen molar-refractivity contribution in [2.75, 3.05) is 14.7 Å². The van der Waals surface area contributed by atoms with Crippen LogP contribution in [0.5, 0.6) is 0 Å². The van der Waals surface area contributed by atoms with Crippen LogP contribution in [0.2, 0.25) is 0 Å². The first-order valence-electron chi connectivity index (χ1n) is 44.2. The Hall–Kier alpha value is -12.6. The zero-order valence-electron chi connectivity index (χ0n) is 71.8. The minimum absolute atomic E-state index is 0.0773. The van der Waals surface area contributed by atoms with Gasteiger partial charge in [0.1, 0.15) is 0 Å². The van der Waals surface area contributed by atoms with Crippen LogP contribution in [0, 0.1) is 11.8 Å². The first-order valence-corrected chi connectivity index (χ1v) is 44.2. The minimum atomic E-state index is -0.273. The fraction of sp³-hybridized carbons (Fsp3) is 0.217. The fourth-order valence-corrected chi connectivity index (χ4v) is 22.0. The van der Waals surface area contributed by atoms with Crippen molar-refractivity contribution in [1.29, 1.82) is 0 Å². The van der Waals surface area contributed by atoms with E-state index in [0.29, 0.717) is 12.1 Å². The van der Waals surface area contributed by atoms with Crippen LogP contribution >= 0.6 is 0 Å². The molecule has 6 heterocycles. The first-order chi connectivity index (χ1) is 58.5. The van der Waals surface area contributed by atoms with Crippen LogP contribution in [0.4, 0.5) is 39.8 Å². The highest BCUT2D eigenvalue weighted by atomic mass is 15.2. The molecule has 0 atom stereocenters. The van der Waals surface area contributed by atoms with Crippen LogP contribution in [0.3, 0.4) is 0 Å². The van der Waals surface area contributed by atoms with Crippen molar-refractivity contribution >= 4 is 107 Å². The molecule has 0 radical (unpaired) electrons. The minimum Gasteiger partial charge on any atom is -0.365 e. The van der Waals surface area contributed by atoms with Crippen LogP contribution in [0.1, 0.15) is 137 Å². The van der Waals surface area contributed by atoms with E-state index in [4.69, 9.17) is 0 Å². The smallest absolute Gasteiger partial charge is 0.252 e. The molecule has 4 fully saturated rings. The van der Waals surface area contributed by atoms with E-state index in [1.54, 1.807) is 0 Å². The molecular weight excluding hydrogens is 1460 g/mol. The lowest BCUT2D eigenvalue weighted by Gasteiger charge is -2.57. The van der Waals surface area contributed by atoms with Gasteiger partial charge in [0.15, 0.2) is 0 Å². The average molecular weight is 1570 g/mol. The summed E-state index contributed by atoms with van der Waals surface area (Å²) in [6, 6.07) is 129. The average Bonchev–Trinajstić information content (AvgIpc) is 1.30. The number of piperidine rings is 2. The molecule has 6 aliphatic rings. The second kappa shape index (κ2) is 28.0. The predicted molar refractivity (Wildman–Crippen MR) is 517 cm³/mol. The van der Waals surface area contributed by atoms with Gasteiger partial charge in [-0.1, -0.05) is 301 Å². The molecule has 17 aromatic rings. The summed E-state index contributed by atoms with van der Waals surface area (Å²) in [5.41, 5.74) is 37.6. The summed E-state index contributed by atoms with van der Waals surface area (Å²) in [6.07, 6.45) is 6.41. The van der Waals surface area contributed by atoms with Gasteiger partial charge in [0.05, 0.1) is 39.1 Å². The van der Waals surface area contributed by atoms with Gasteiger partial charge in [-0.15, -0.1) is 0 Å². The molecule has 592 valence electrons.